The number of nitrogens with zero attached hydrogens (tertiary/aromatic N) is 1. The molecule has 0 bridgehead atoms. The van der Waals surface area contributed by atoms with E-state index in [4.69, 9.17) is 13.3 Å². The molecule has 0 aliphatic rings. The topological polar surface area (TPSA) is 27.7 Å². The van der Waals surface area contributed by atoms with E-state index >= 15 is 0 Å². The molecule has 5 heteroatoms. The van der Waals surface area contributed by atoms with Crippen LogP contribution in [0.4, 0.5) is 0 Å². The fourth-order valence-electron chi connectivity index (χ4n) is 5.55. The molecular formula is C29H64NO3Si+. The Kier molecular flexibility index (Phi) is 23.5. The van der Waals surface area contributed by atoms with Gasteiger partial charge < -0.3 is 17.8 Å². The van der Waals surface area contributed by atoms with Crippen LogP contribution in [0.25, 0.3) is 0 Å². The van der Waals surface area contributed by atoms with Crippen molar-refractivity contribution >= 4 is 8.80 Å². The number of rotatable bonds is 27. The van der Waals surface area contributed by atoms with Gasteiger partial charge in [-0.25, -0.2) is 0 Å². The van der Waals surface area contributed by atoms with Crippen LogP contribution in [0.5, 0.6) is 0 Å². The summed E-state index contributed by atoms with van der Waals surface area (Å²) in [6.07, 6.45) is 25.4. The van der Waals surface area contributed by atoms with Crippen molar-refractivity contribution < 1.29 is 17.8 Å². The smallest absolute Gasteiger partial charge is 0.377 e. The molecule has 0 amide bonds. The molecule has 0 aromatic heterocycles. The van der Waals surface area contributed by atoms with Gasteiger partial charge in [0.2, 0.25) is 0 Å². The number of quaternary nitrogens is 1. The largest absolute Gasteiger partial charge is 0.505 e. The van der Waals surface area contributed by atoms with Gasteiger partial charge in [-0.2, -0.15) is 0 Å². The van der Waals surface area contributed by atoms with Crippen LogP contribution in [0.1, 0.15) is 136 Å². The van der Waals surface area contributed by atoms with Crippen LogP contribution in [-0.2, 0) is 13.3 Å². The molecule has 0 unspecified atom stereocenters. The number of unbranched alkanes of at least 4 members (excludes halogenated alkanes) is 15. The average molecular weight is 503 g/mol. The molecule has 206 valence electrons. The number of hydrogen-bond acceptors (Lipinski definition) is 3. The first-order valence-corrected chi connectivity index (χ1v) is 17.0. The molecule has 0 radical (unpaired) electrons. The van der Waals surface area contributed by atoms with Crippen LogP contribution >= 0.6 is 0 Å². The highest BCUT2D eigenvalue weighted by Crippen LogP contribution is 2.21. The van der Waals surface area contributed by atoms with E-state index in [-0.39, 0.29) is 0 Å². The molecular weight excluding hydrogens is 438 g/mol. The van der Waals surface area contributed by atoms with E-state index in [1.807, 2.05) is 0 Å². The normalized spacial score (nSPS) is 12.5. The van der Waals surface area contributed by atoms with E-state index in [0.717, 1.165) is 12.6 Å². The third kappa shape index (κ3) is 16.7. The van der Waals surface area contributed by atoms with Gasteiger partial charge >= 0.3 is 8.80 Å². The summed E-state index contributed by atoms with van der Waals surface area (Å²) in [5.74, 6) is 0. The second-order valence-corrected chi connectivity index (χ2v) is 13.7. The van der Waals surface area contributed by atoms with Crippen molar-refractivity contribution in [2.24, 2.45) is 0 Å². The van der Waals surface area contributed by atoms with Crippen LogP contribution in [0, 0.1) is 0 Å². The van der Waals surface area contributed by atoms with Crippen LogP contribution in [0.2, 0.25) is 6.04 Å². The van der Waals surface area contributed by atoms with Gasteiger partial charge in [-0.15, -0.1) is 0 Å². The SMILES string of the molecule is CCCCCCCCCCCCCCCCCC[N+](CCC)(CCC)CC[Si](OC)(OC)OC. The summed E-state index contributed by atoms with van der Waals surface area (Å²) in [5, 5.41) is 0. The van der Waals surface area contributed by atoms with E-state index in [9.17, 15) is 0 Å². The van der Waals surface area contributed by atoms with Crippen LogP contribution < -0.4 is 0 Å². The van der Waals surface area contributed by atoms with Gasteiger partial charge in [0.05, 0.1) is 32.2 Å². The average Bonchev–Trinajstić information content (AvgIpc) is 2.85. The van der Waals surface area contributed by atoms with Gasteiger partial charge in [-0.05, 0) is 25.7 Å². The van der Waals surface area contributed by atoms with Crippen molar-refractivity contribution in [3.8, 4) is 0 Å². The Morgan fingerprint density at radius 3 is 1.09 bits per heavy atom. The molecule has 0 aromatic rings. The first kappa shape index (κ1) is 34.1. The fourth-order valence-corrected chi connectivity index (χ4v) is 7.41. The Bertz CT molecular complexity index is 404. The Labute approximate surface area is 216 Å². The summed E-state index contributed by atoms with van der Waals surface area (Å²) in [5.41, 5.74) is 0. The molecule has 0 saturated heterocycles. The van der Waals surface area contributed by atoms with E-state index in [1.54, 1.807) is 21.3 Å². The van der Waals surface area contributed by atoms with Crippen LogP contribution in [-0.4, -0.2) is 60.8 Å². The van der Waals surface area contributed by atoms with E-state index < -0.39 is 8.80 Å². The molecule has 0 rings (SSSR count). The Hall–Kier alpha value is 0.0569. The minimum Gasteiger partial charge on any atom is -0.377 e. The van der Waals surface area contributed by atoms with E-state index in [0.29, 0.717) is 0 Å². The maximum atomic E-state index is 5.71. The zero-order chi connectivity index (χ0) is 25.4. The minimum absolute atomic E-state index is 0.912. The molecule has 0 fully saturated rings. The third-order valence-corrected chi connectivity index (χ3v) is 10.4. The second kappa shape index (κ2) is 23.5. The highest BCUT2D eigenvalue weighted by molar-refractivity contribution is 6.60. The van der Waals surface area contributed by atoms with Gasteiger partial charge in [0.25, 0.3) is 0 Å². The van der Waals surface area contributed by atoms with E-state index in [2.05, 4.69) is 20.8 Å². The summed E-state index contributed by atoms with van der Waals surface area (Å²) in [6, 6.07) is 0.912. The van der Waals surface area contributed by atoms with Crippen molar-refractivity contribution in [3.05, 3.63) is 0 Å². The molecule has 0 atom stereocenters. The molecule has 0 heterocycles. The lowest BCUT2D eigenvalue weighted by Gasteiger charge is -2.40. The molecule has 4 nitrogen and oxygen atoms in total. The van der Waals surface area contributed by atoms with Crippen molar-refractivity contribution in [2.45, 2.75) is 142 Å². The van der Waals surface area contributed by atoms with Gasteiger partial charge in [-0.1, -0.05) is 111 Å². The number of hydrogen-bond donors (Lipinski definition) is 0. The predicted molar refractivity (Wildman–Crippen MR) is 151 cm³/mol. The Balaban J connectivity index is 3.98. The summed E-state index contributed by atoms with van der Waals surface area (Å²) < 4.78 is 18.3. The summed E-state index contributed by atoms with van der Waals surface area (Å²) in [4.78, 5) is 0. The highest BCUT2D eigenvalue weighted by atomic mass is 28.4. The zero-order valence-electron chi connectivity index (χ0n) is 24.4. The first-order valence-electron chi connectivity index (χ1n) is 15.1. The Morgan fingerprint density at radius 1 is 0.412 bits per heavy atom. The van der Waals surface area contributed by atoms with Gasteiger partial charge in [0.1, 0.15) is 0 Å². The maximum Gasteiger partial charge on any atom is 0.505 e. The summed E-state index contributed by atoms with van der Waals surface area (Å²) >= 11 is 0. The van der Waals surface area contributed by atoms with E-state index in [1.165, 1.54) is 140 Å². The molecule has 0 N–H and O–H groups in total. The lowest BCUT2D eigenvalue weighted by molar-refractivity contribution is -0.927. The highest BCUT2D eigenvalue weighted by Gasteiger charge is 2.41. The zero-order valence-corrected chi connectivity index (χ0v) is 25.4. The van der Waals surface area contributed by atoms with Gasteiger partial charge in [0, 0.05) is 21.3 Å². The monoisotopic (exact) mass is 502 g/mol. The van der Waals surface area contributed by atoms with Crippen LogP contribution in [0.15, 0.2) is 0 Å². The Morgan fingerprint density at radius 2 is 0.765 bits per heavy atom. The fraction of sp³-hybridized carbons (Fsp3) is 1.00. The van der Waals surface area contributed by atoms with Gasteiger partial charge in [0.15, 0.2) is 0 Å². The van der Waals surface area contributed by atoms with Gasteiger partial charge in [-0.3, -0.25) is 0 Å². The first-order chi connectivity index (χ1) is 16.6. The van der Waals surface area contributed by atoms with Crippen molar-refractivity contribution in [3.63, 3.8) is 0 Å². The van der Waals surface area contributed by atoms with Crippen molar-refractivity contribution in [1.82, 2.24) is 0 Å². The lowest BCUT2D eigenvalue weighted by Crippen LogP contribution is -2.54. The lowest BCUT2D eigenvalue weighted by atomic mass is 10.0. The standard InChI is InChI=1S/C29H64NO3Si/c1-7-10-11-12-13-14-15-16-17-18-19-20-21-22-23-24-27-30(25-8-2,26-9-3)28-29-34(31-4,32-5)33-6/h7-29H2,1-6H3/q+1. The summed E-state index contributed by atoms with van der Waals surface area (Å²) in [6.45, 7) is 11.9. The predicted octanol–water partition coefficient (Wildman–Crippen LogP) is 8.76. The maximum absolute atomic E-state index is 5.71. The quantitative estimate of drug-likeness (QED) is 0.0638. The van der Waals surface area contributed by atoms with Crippen LogP contribution in [0.3, 0.4) is 0 Å². The molecule has 0 aromatic carbocycles. The second-order valence-electron chi connectivity index (χ2n) is 10.6. The minimum atomic E-state index is -2.49. The molecule has 0 aliphatic carbocycles. The van der Waals surface area contributed by atoms with Crippen molar-refractivity contribution in [2.75, 3.05) is 47.5 Å². The molecule has 0 spiro atoms. The van der Waals surface area contributed by atoms with Crippen molar-refractivity contribution in [1.29, 1.82) is 0 Å². The molecule has 0 aliphatic heterocycles. The molecule has 0 saturated carbocycles. The molecule has 34 heavy (non-hydrogen) atoms. The summed E-state index contributed by atoms with van der Waals surface area (Å²) in [7, 11) is 2.73. The third-order valence-electron chi connectivity index (χ3n) is 7.71.